The molecule has 110 valence electrons. The van der Waals surface area contributed by atoms with Gasteiger partial charge >= 0.3 is 0 Å². The molecule has 1 aromatic rings. The third kappa shape index (κ3) is 4.68. The smallest absolute Gasteiger partial charge is 0.254 e. The number of carbonyl (C=O) groups is 2. The summed E-state index contributed by atoms with van der Waals surface area (Å²) in [6, 6.07) is 7.43. The molecule has 0 aliphatic carbocycles. The third-order valence-corrected chi connectivity index (χ3v) is 2.89. The molecule has 0 heterocycles. The summed E-state index contributed by atoms with van der Waals surface area (Å²) in [5.74, 6) is -0.240. The Morgan fingerprint density at radius 3 is 2.30 bits per heavy atom. The van der Waals surface area contributed by atoms with Crippen molar-refractivity contribution in [1.82, 2.24) is 10.2 Å². The molecule has 0 aliphatic heterocycles. The van der Waals surface area contributed by atoms with E-state index in [-0.39, 0.29) is 23.9 Å². The van der Waals surface area contributed by atoms with Gasteiger partial charge in [0.15, 0.2) is 0 Å². The normalized spacial score (nSPS) is 11.1. The van der Waals surface area contributed by atoms with Gasteiger partial charge in [0.2, 0.25) is 5.91 Å². The molecule has 0 aromatic heterocycles. The SMILES string of the molecule is CCN(CC(=O)NC(C)(C)C)C(=O)c1ccccc1C. The maximum atomic E-state index is 12.4. The lowest BCUT2D eigenvalue weighted by Gasteiger charge is -2.25. The predicted octanol–water partition coefficient (Wildman–Crippen LogP) is 2.37. The molecule has 20 heavy (non-hydrogen) atoms. The predicted molar refractivity (Wildman–Crippen MR) is 80.7 cm³/mol. The van der Waals surface area contributed by atoms with Crippen LogP contribution in [0.1, 0.15) is 43.6 Å². The minimum Gasteiger partial charge on any atom is -0.350 e. The number of likely N-dealkylation sites (N-methyl/N-ethyl adjacent to an activating group) is 1. The van der Waals surface area contributed by atoms with Crippen molar-refractivity contribution in [2.24, 2.45) is 0 Å². The molecule has 0 saturated heterocycles. The van der Waals surface area contributed by atoms with E-state index in [9.17, 15) is 9.59 Å². The van der Waals surface area contributed by atoms with Crippen LogP contribution in [0.15, 0.2) is 24.3 Å². The van der Waals surface area contributed by atoms with E-state index in [0.29, 0.717) is 12.1 Å². The van der Waals surface area contributed by atoms with Gasteiger partial charge < -0.3 is 10.2 Å². The van der Waals surface area contributed by atoms with E-state index >= 15 is 0 Å². The molecule has 4 nitrogen and oxygen atoms in total. The first-order valence-corrected chi connectivity index (χ1v) is 6.90. The number of hydrogen-bond acceptors (Lipinski definition) is 2. The Morgan fingerprint density at radius 2 is 1.80 bits per heavy atom. The van der Waals surface area contributed by atoms with Crippen molar-refractivity contribution in [2.75, 3.05) is 13.1 Å². The molecule has 2 amide bonds. The Labute approximate surface area is 121 Å². The highest BCUT2D eigenvalue weighted by Crippen LogP contribution is 2.10. The van der Waals surface area contributed by atoms with Crippen molar-refractivity contribution in [3.05, 3.63) is 35.4 Å². The fourth-order valence-corrected chi connectivity index (χ4v) is 1.94. The van der Waals surface area contributed by atoms with Gasteiger partial charge in [0, 0.05) is 17.6 Å². The van der Waals surface area contributed by atoms with Gasteiger partial charge in [-0.15, -0.1) is 0 Å². The number of amides is 2. The van der Waals surface area contributed by atoms with Crippen LogP contribution in [0.25, 0.3) is 0 Å². The molecule has 0 radical (unpaired) electrons. The van der Waals surface area contributed by atoms with E-state index < -0.39 is 0 Å². The first-order chi connectivity index (χ1) is 9.24. The lowest BCUT2D eigenvalue weighted by atomic mass is 10.1. The van der Waals surface area contributed by atoms with Gasteiger partial charge in [-0.2, -0.15) is 0 Å². The van der Waals surface area contributed by atoms with Gasteiger partial charge in [-0.25, -0.2) is 0 Å². The molecule has 0 aliphatic rings. The summed E-state index contributed by atoms with van der Waals surface area (Å²) < 4.78 is 0. The fraction of sp³-hybridized carbons (Fsp3) is 0.500. The Hall–Kier alpha value is -1.84. The van der Waals surface area contributed by atoms with Crippen LogP contribution in [-0.2, 0) is 4.79 Å². The van der Waals surface area contributed by atoms with Crippen LogP contribution in [-0.4, -0.2) is 35.3 Å². The van der Waals surface area contributed by atoms with Gasteiger partial charge in [-0.3, -0.25) is 9.59 Å². The number of rotatable bonds is 4. The molecule has 0 fully saturated rings. The highest BCUT2D eigenvalue weighted by Gasteiger charge is 2.21. The molecule has 0 saturated carbocycles. The lowest BCUT2D eigenvalue weighted by molar-refractivity contribution is -0.123. The van der Waals surface area contributed by atoms with Crippen LogP contribution in [0.2, 0.25) is 0 Å². The van der Waals surface area contributed by atoms with Crippen molar-refractivity contribution in [3.63, 3.8) is 0 Å². The highest BCUT2D eigenvalue weighted by atomic mass is 16.2. The first-order valence-electron chi connectivity index (χ1n) is 6.90. The van der Waals surface area contributed by atoms with Gasteiger partial charge in [0.25, 0.3) is 5.91 Å². The van der Waals surface area contributed by atoms with Gasteiger partial charge in [-0.1, -0.05) is 18.2 Å². The van der Waals surface area contributed by atoms with Crippen molar-refractivity contribution < 1.29 is 9.59 Å². The fourth-order valence-electron chi connectivity index (χ4n) is 1.94. The molecule has 1 rings (SSSR count). The second kappa shape index (κ2) is 6.55. The number of nitrogens with zero attached hydrogens (tertiary/aromatic N) is 1. The van der Waals surface area contributed by atoms with E-state index in [1.165, 1.54) is 0 Å². The zero-order valence-corrected chi connectivity index (χ0v) is 13.0. The Balaban J connectivity index is 2.79. The van der Waals surface area contributed by atoms with E-state index in [0.717, 1.165) is 5.56 Å². The van der Waals surface area contributed by atoms with Crippen molar-refractivity contribution in [2.45, 2.75) is 40.2 Å². The molecule has 1 N–H and O–H groups in total. The zero-order chi connectivity index (χ0) is 15.3. The molecule has 0 unspecified atom stereocenters. The number of nitrogens with one attached hydrogen (secondary N) is 1. The standard InChI is InChI=1S/C16H24N2O2/c1-6-18(11-14(19)17-16(3,4)5)15(20)13-10-8-7-9-12(13)2/h7-10H,6,11H2,1-5H3,(H,17,19). The Kier molecular flexibility index (Phi) is 5.31. The van der Waals surface area contributed by atoms with Gasteiger partial charge in [-0.05, 0) is 46.2 Å². The second-order valence-corrected chi connectivity index (χ2v) is 5.93. The lowest BCUT2D eigenvalue weighted by Crippen LogP contribution is -2.47. The summed E-state index contributed by atoms with van der Waals surface area (Å²) >= 11 is 0. The monoisotopic (exact) mass is 276 g/mol. The summed E-state index contributed by atoms with van der Waals surface area (Å²) in [5, 5.41) is 2.87. The maximum absolute atomic E-state index is 12.4. The number of hydrogen-bond donors (Lipinski definition) is 1. The number of carbonyl (C=O) groups excluding carboxylic acids is 2. The van der Waals surface area contributed by atoms with E-state index in [4.69, 9.17) is 0 Å². The average molecular weight is 276 g/mol. The molecular formula is C16H24N2O2. The molecule has 0 atom stereocenters. The topological polar surface area (TPSA) is 49.4 Å². The molecule has 1 aromatic carbocycles. The average Bonchev–Trinajstić information content (AvgIpc) is 2.33. The summed E-state index contributed by atoms with van der Waals surface area (Å²) in [5.41, 5.74) is 1.28. The van der Waals surface area contributed by atoms with Crippen LogP contribution in [0.5, 0.6) is 0 Å². The number of benzene rings is 1. The van der Waals surface area contributed by atoms with Crippen LogP contribution >= 0.6 is 0 Å². The van der Waals surface area contributed by atoms with E-state index in [2.05, 4.69) is 5.32 Å². The van der Waals surface area contributed by atoms with Crippen LogP contribution in [0, 0.1) is 6.92 Å². The van der Waals surface area contributed by atoms with Crippen molar-refractivity contribution in [1.29, 1.82) is 0 Å². The highest BCUT2D eigenvalue weighted by molar-refractivity contribution is 5.97. The van der Waals surface area contributed by atoms with Gasteiger partial charge in [0.1, 0.15) is 0 Å². The van der Waals surface area contributed by atoms with Crippen LogP contribution in [0.3, 0.4) is 0 Å². The summed E-state index contributed by atoms with van der Waals surface area (Å²) in [6.07, 6.45) is 0. The molecule has 4 heteroatoms. The first kappa shape index (κ1) is 16.2. The zero-order valence-electron chi connectivity index (χ0n) is 13.0. The van der Waals surface area contributed by atoms with E-state index in [1.54, 1.807) is 11.0 Å². The van der Waals surface area contributed by atoms with Crippen molar-refractivity contribution in [3.8, 4) is 0 Å². The minimum absolute atomic E-state index is 0.0843. The Bertz CT molecular complexity index is 489. The second-order valence-electron chi connectivity index (χ2n) is 5.93. The van der Waals surface area contributed by atoms with E-state index in [1.807, 2.05) is 52.8 Å². The molecule has 0 bridgehead atoms. The van der Waals surface area contributed by atoms with Gasteiger partial charge in [0.05, 0.1) is 6.54 Å². The quantitative estimate of drug-likeness (QED) is 0.918. The maximum Gasteiger partial charge on any atom is 0.254 e. The number of aryl methyl sites for hydroxylation is 1. The summed E-state index contributed by atoms with van der Waals surface area (Å²) in [7, 11) is 0. The summed E-state index contributed by atoms with van der Waals surface area (Å²) in [6.45, 7) is 10.1. The third-order valence-electron chi connectivity index (χ3n) is 2.89. The molecular weight excluding hydrogens is 252 g/mol. The summed E-state index contributed by atoms with van der Waals surface area (Å²) in [4.78, 5) is 25.9. The largest absolute Gasteiger partial charge is 0.350 e. The minimum atomic E-state index is -0.289. The van der Waals surface area contributed by atoms with Crippen LogP contribution in [0.4, 0.5) is 0 Å². The van der Waals surface area contributed by atoms with Crippen molar-refractivity contribution >= 4 is 11.8 Å². The Morgan fingerprint density at radius 1 is 1.20 bits per heavy atom. The molecule has 0 spiro atoms. The van der Waals surface area contributed by atoms with Crippen LogP contribution < -0.4 is 5.32 Å².